The van der Waals surface area contributed by atoms with Gasteiger partial charge in [0.15, 0.2) is 11.5 Å². The number of hydrogen-bond acceptors (Lipinski definition) is 5. The lowest BCUT2D eigenvalue weighted by Crippen LogP contribution is -2.34. The molecular formula is C20H22N2O4. The smallest absolute Gasteiger partial charge is 0.231 e. The van der Waals surface area contributed by atoms with Gasteiger partial charge in [0.05, 0.1) is 13.0 Å². The number of para-hydroxylation sites is 1. The Labute approximate surface area is 152 Å². The second kappa shape index (κ2) is 7.25. The van der Waals surface area contributed by atoms with E-state index in [0.717, 1.165) is 34.9 Å². The topological polar surface area (TPSA) is 68.8 Å². The van der Waals surface area contributed by atoms with Crippen molar-refractivity contribution in [3.8, 4) is 17.2 Å². The zero-order chi connectivity index (χ0) is 17.9. The molecule has 2 atom stereocenters. The predicted molar refractivity (Wildman–Crippen MR) is 96.5 cm³/mol. The average molecular weight is 354 g/mol. The summed E-state index contributed by atoms with van der Waals surface area (Å²) in [7, 11) is 1.66. The summed E-state index contributed by atoms with van der Waals surface area (Å²) in [5.74, 6) is 2.32. The fraction of sp³-hybridized carbons (Fsp3) is 0.350. The first-order chi connectivity index (χ1) is 12.8. The van der Waals surface area contributed by atoms with Gasteiger partial charge in [-0.3, -0.25) is 4.79 Å². The summed E-state index contributed by atoms with van der Waals surface area (Å²) >= 11 is 0. The summed E-state index contributed by atoms with van der Waals surface area (Å²) in [6, 6.07) is 13.6. The summed E-state index contributed by atoms with van der Waals surface area (Å²) in [6.45, 7) is 2.14. The van der Waals surface area contributed by atoms with E-state index in [4.69, 9.17) is 14.2 Å². The predicted octanol–water partition coefficient (Wildman–Crippen LogP) is 2.04. The highest BCUT2D eigenvalue weighted by molar-refractivity contribution is 5.80. The van der Waals surface area contributed by atoms with Crippen molar-refractivity contribution < 1.29 is 19.0 Å². The SMILES string of the molecule is COc1ccccc1C1CNCC1C(=O)NCc1ccc2c(c1)OCO2. The number of ether oxygens (including phenoxy) is 3. The van der Waals surface area contributed by atoms with E-state index in [2.05, 4.69) is 10.6 Å². The van der Waals surface area contributed by atoms with Crippen LogP contribution in [0.4, 0.5) is 0 Å². The van der Waals surface area contributed by atoms with Crippen molar-refractivity contribution >= 4 is 5.91 Å². The summed E-state index contributed by atoms with van der Waals surface area (Å²) in [4.78, 5) is 12.8. The van der Waals surface area contributed by atoms with Gasteiger partial charge in [-0.2, -0.15) is 0 Å². The molecule has 136 valence electrons. The Morgan fingerprint density at radius 1 is 1.19 bits per heavy atom. The first-order valence-corrected chi connectivity index (χ1v) is 8.76. The van der Waals surface area contributed by atoms with Crippen LogP contribution in [0.25, 0.3) is 0 Å². The molecule has 2 heterocycles. The highest BCUT2D eigenvalue weighted by atomic mass is 16.7. The van der Waals surface area contributed by atoms with Crippen molar-refractivity contribution in [2.24, 2.45) is 5.92 Å². The third-order valence-electron chi connectivity index (χ3n) is 4.99. The summed E-state index contributed by atoms with van der Waals surface area (Å²) in [5, 5.41) is 6.39. The first-order valence-electron chi connectivity index (χ1n) is 8.76. The second-order valence-electron chi connectivity index (χ2n) is 6.52. The van der Waals surface area contributed by atoms with E-state index >= 15 is 0 Å². The van der Waals surface area contributed by atoms with Crippen molar-refractivity contribution in [3.05, 3.63) is 53.6 Å². The van der Waals surface area contributed by atoms with Crippen molar-refractivity contribution in [3.63, 3.8) is 0 Å². The molecule has 0 aliphatic carbocycles. The van der Waals surface area contributed by atoms with Gasteiger partial charge in [0.2, 0.25) is 12.7 Å². The van der Waals surface area contributed by atoms with Gasteiger partial charge in [-0.15, -0.1) is 0 Å². The lowest BCUT2D eigenvalue weighted by atomic mass is 9.87. The van der Waals surface area contributed by atoms with Gasteiger partial charge < -0.3 is 24.8 Å². The van der Waals surface area contributed by atoms with Crippen LogP contribution in [-0.2, 0) is 11.3 Å². The number of carbonyl (C=O) groups excluding carboxylic acids is 1. The molecule has 6 nitrogen and oxygen atoms in total. The van der Waals surface area contributed by atoms with E-state index in [9.17, 15) is 4.79 Å². The molecule has 1 amide bonds. The van der Waals surface area contributed by atoms with Gasteiger partial charge in [0, 0.05) is 25.6 Å². The van der Waals surface area contributed by atoms with Gasteiger partial charge in [-0.05, 0) is 29.3 Å². The van der Waals surface area contributed by atoms with E-state index in [-0.39, 0.29) is 24.5 Å². The van der Waals surface area contributed by atoms with E-state index in [1.54, 1.807) is 7.11 Å². The Morgan fingerprint density at radius 2 is 2.04 bits per heavy atom. The van der Waals surface area contributed by atoms with Crippen LogP contribution in [0.5, 0.6) is 17.2 Å². The highest BCUT2D eigenvalue weighted by Crippen LogP contribution is 2.35. The molecule has 0 aromatic heterocycles. The zero-order valence-electron chi connectivity index (χ0n) is 14.7. The lowest BCUT2D eigenvalue weighted by molar-refractivity contribution is -0.125. The monoisotopic (exact) mass is 354 g/mol. The number of fused-ring (bicyclic) bond motifs is 1. The maximum atomic E-state index is 12.8. The van der Waals surface area contributed by atoms with E-state index in [1.165, 1.54) is 0 Å². The molecule has 2 unspecified atom stereocenters. The normalized spacial score (nSPS) is 20.8. The van der Waals surface area contributed by atoms with Crippen molar-refractivity contribution in [2.45, 2.75) is 12.5 Å². The van der Waals surface area contributed by atoms with Crippen LogP contribution in [-0.4, -0.2) is 32.9 Å². The van der Waals surface area contributed by atoms with Crippen LogP contribution in [0.1, 0.15) is 17.0 Å². The Kier molecular flexibility index (Phi) is 4.67. The van der Waals surface area contributed by atoms with Crippen LogP contribution >= 0.6 is 0 Å². The minimum absolute atomic E-state index is 0.0450. The number of methoxy groups -OCH3 is 1. The molecule has 0 radical (unpaired) electrons. The molecule has 0 bridgehead atoms. The zero-order valence-corrected chi connectivity index (χ0v) is 14.7. The number of carbonyl (C=O) groups is 1. The lowest BCUT2D eigenvalue weighted by Gasteiger charge is -2.20. The molecule has 1 fully saturated rings. The first kappa shape index (κ1) is 16.7. The molecule has 2 aliphatic rings. The Bertz CT molecular complexity index is 808. The Morgan fingerprint density at radius 3 is 2.92 bits per heavy atom. The van der Waals surface area contributed by atoms with Gasteiger partial charge in [0.25, 0.3) is 0 Å². The van der Waals surface area contributed by atoms with Crippen LogP contribution in [0.3, 0.4) is 0 Å². The van der Waals surface area contributed by atoms with E-state index in [0.29, 0.717) is 13.1 Å². The molecule has 2 aromatic rings. The number of nitrogens with one attached hydrogen (secondary N) is 2. The maximum Gasteiger partial charge on any atom is 0.231 e. The van der Waals surface area contributed by atoms with Crippen LogP contribution in [0.15, 0.2) is 42.5 Å². The number of benzene rings is 2. The quantitative estimate of drug-likeness (QED) is 0.860. The van der Waals surface area contributed by atoms with Crippen molar-refractivity contribution in [1.29, 1.82) is 0 Å². The molecule has 2 aliphatic heterocycles. The molecular weight excluding hydrogens is 332 g/mol. The minimum atomic E-state index is -0.125. The maximum absolute atomic E-state index is 12.8. The molecule has 4 rings (SSSR count). The van der Waals surface area contributed by atoms with Gasteiger partial charge in [0.1, 0.15) is 5.75 Å². The highest BCUT2D eigenvalue weighted by Gasteiger charge is 2.35. The molecule has 0 saturated carbocycles. The van der Waals surface area contributed by atoms with Crippen LogP contribution < -0.4 is 24.8 Å². The summed E-state index contributed by atoms with van der Waals surface area (Å²) < 4.78 is 16.2. The Balaban J connectivity index is 1.44. The molecule has 6 heteroatoms. The van der Waals surface area contributed by atoms with Crippen LogP contribution in [0.2, 0.25) is 0 Å². The number of rotatable bonds is 5. The standard InChI is InChI=1S/C20H22N2O4/c1-24-17-5-3-2-4-14(17)15-10-21-11-16(15)20(23)22-9-13-6-7-18-19(8-13)26-12-25-18/h2-8,15-16,21H,9-12H2,1H3,(H,22,23). The van der Waals surface area contributed by atoms with Gasteiger partial charge >= 0.3 is 0 Å². The third kappa shape index (κ3) is 3.20. The minimum Gasteiger partial charge on any atom is -0.496 e. The fourth-order valence-electron chi connectivity index (χ4n) is 3.62. The summed E-state index contributed by atoms with van der Waals surface area (Å²) in [5.41, 5.74) is 2.06. The average Bonchev–Trinajstić information content (AvgIpc) is 3.34. The third-order valence-corrected chi connectivity index (χ3v) is 4.99. The summed E-state index contributed by atoms with van der Waals surface area (Å²) in [6.07, 6.45) is 0. The second-order valence-corrected chi connectivity index (χ2v) is 6.52. The number of hydrogen-bond donors (Lipinski definition) is 2. The molecule has 26 heavy (non-hydrogen) atoms. The number of amides is 1. The largest absolute Gasteiger partial charge is 0.496 e. The molecule has 2 aromatic carbocycles. The molecule has 2 N–H and O–H groups in total. The molecule has 0 spiro atoms. The van der Waals surface area contributed by atoms with Crippen molar-refractivity contribution in [1.82, 2.24) is 10.6 Å². The van der Waals surface area contributed by atoms with Gasteiger partial charge in [-0.1, -0.05) is 24.3 Å². The van der Waals surface area contributed by atoms with Crippen molar-refractivity contribution in [2.75, 3.05) is 27.0 Å². The van der Waals surface area contributed by atoms with E-state index in [1.807, 2.05) is 42.5 Å². The fourth-order valence-corrected chi connectivity index (χ4v) is 3.62. The molecule has 1 saturated heterocycles. The van der Waals surface area contributed by atoms with Gasteiger partial charge in [-0.25, -0.2) is 0 Å². The van der Waals surface area contributed by atoms with E-state index < -0.39 is 0 Å². The Hall–Kier alpha value is -2.73. The van der Waals surface area contributed by atoms with Crippen LogP contribution in [0, 0.1) is 5.92 Å².